The molecule has 0 rings (SSSR count). The third-order valence-electron chi connectivity index (χ3n) is 0.743. The Morgan fingerprint density at radius 1 is 0.737 bits per heavy atom. The van der Waals surface area contributed by atoms with Gasteiger partial charge in [0.2, 0.25) is 0 Å². The highest BCUT2D eigenvalue weighted by Gasteiger charge is 2.38. The van der Waals surface area contributed by atoms with E-state index in [1.807, 2.05) is 0 Å². The first-order chi connectivity index (χ1) is 8.69. The van der Waals surface area contributed by atoms with Gasteiger partial charge in [-0.05, 0) is 0 Å². The van der Waals surface area contributed by atoms with Crippen LogP contribution in [0.15, 0.2) is 0 Å². The summed E-state index contributed by atoms with van der Waals surface area (Å²) in [7, 11) is 0. The largest absolute Gasteiger partial charge is 0.490 e. The predicted molar refractivity (Wildman–Crippen MR) is 68.0 cm³/mol. The van der Waals surface area contributed by atoms with E-state index in [1.54, 1.807) is 0 Å². The molecule has 0 atom stereocenters. The molecule has 13 N–H and O–H groups in total. The molecule has 0 amide bonds. The first-order valence-corrected chi connectivity index (χ1v) is 5.19. The highest BCUT2D eigenvalue weighted by atomic mass is 19.4. The number of halogens is 3. The molecule has 0 unspecified atom stereocenters. The summed E-state index contributed by atoms with van der Waals surface area (Å²) in [5, 5.41) is 7.12. The second-order valence-corrected chi connectivity index (χ2v) is 2.53. The zero-order chi connectivity index (χ0) is 16.3. The van der Waals surface area contributed by atoms with Crippen molar-refractivity contribution in [2.24, 2.45) is 34.4 Å². The number of carboxylic acids is 1. The second kappa shape index (κ2) is 22.2. The Hall–Kier alpha value is -0.980. The van der Waals surface area contributed by atoms with Crippen molar-refractivity contribution in [2.45, 2.75) is 6.18 Å². The van der Waals surface area contributed by atoms with E-state index in [4.69, 9.17) is 44.3 Å². The fourth-order valence-corrected chi connectivity index (χ4v) is 0. The van der Waals surface area contributed by atoms with Gasteiger partial charge in [0.05, 0.1) is 0 Å². The van der Waals surface area contributed by atoms with Crippen LogP contribution in [0, 0.1) is 0 Å². The number of rotatable bonds is 3. The molecule has 0 bridgehead atoms. The molecule has 0 aromatic heterocycles. The van der Waals surface area contributed by atoms with E-state index < -0.39 is 12.1 Å². The molecular formula is C8H25F3N6O2. The van der Waals surface area contributed by atoms with Crippen molar-refractivity contribution < 1.29 is 23.1 Å². The molecule has 0 saturated heterocycles. The minimum absolute atomic E-state index is 0.597. The third kappa shape index (κ3) is 59.7. The van der Waals surface area contributed by atoms with Crippen molar-refractivity contribution in [1.82, 2.24) is 0 Å². The molecule has 0 saturated carbocycles. The first kappa shape index (κ1) is 26.6. The van der Waals surface area contributed by atoms with Crippen LogP contribution in [0.1, 0.15) is 0 Å². The molecule has 0 aliphatic carbocycles. The van der Waals surface area contributed by atoms with Gasteiger partial charge in [-0.1, -0.05) is 0 Å². The van der Waals surface area contributed by atoms with Crippen LogP contribution in [-0.2, 0) is 4.79 Å². The van der Waals surface area contributed by atoms with E-state index in [0.29, 0.717) is 39.3 Å². The summed E-state index contributed by atoms with van der Waals surface area (Å²) in [6, 6.07) is 0. The molecular weight excluding hydrogens is 269 g/mol. The van der Waals surface area contributed by atoms with E-state index in [2.05, 4.69) is 0 Å². The predicted octanol–water partition coefficient (Wildman–Crippen LogP) is -2.66. The Labute approximate surface area is 110 Å². The number of hydrogen-bond donors (Lipinski definition) is 7. The van der Waals surface area contributed by atoms with Crippen LogP contribution in [0.25, 0.3) is 0 Å². The molecule has 0 fully saturated rings. The van der Waals surface area contributed by atoms with Crippen LogP contribution < -0.4 is 34.4 Å². The molecule has 11 heteroatoms. The first-order valence-electron chi connectivity index (χ1n) is 5.19. The molecule has 0 spiro atoms. The Morgan fingerprint density at radius 2 is 0.842 bits per heavy atom. The van der Waals surface area contributed by atoms with Crippen LogP contribution in [0.3, 0.4) is 0 Å². The zero-order valence-corrected chi connectivity index (χ0v) is 10.7. The van der Waals surface area contributed by atoms with Gasteiger partial charge in [-0.2, -0.15) is 13.2 Å². The lowest BCUT2D eigenvalue weighted by Crippen LogP contribution is -2.21. The van der Waals surface area contributed by atoms with Crippen molar-refractivity contribution >= 4 is 5.97 Å². The van der Waals surface area contributed by atoms with Gasteiger partial charge in [0.25, 0.3) is 0 Å². The molecule has 0 aromatic rings. The Bertz CT molecular complexity index is 156. The molecule has 0 heterocycles. The Morgan fingerprint density at radius 3 is 0.842 bits per heavy atom. The number of alkyl halides is 3. The van der Waals surface area contributed by atoms with Crippen molar-refractivity contribution in [2.75, 3.05) is 39.3 Å². The normalized spacial score (nSPS) is 8.89. The second-order valence-electron chi connectivity index (χ2n) is 2.53. The van der Waals surface area contributed by atoms with Gasteiger partial charge in [0, 0.05) is 39.3 Å². The minimum Gasteiger partial charge on any atom is -0.475 e. The summed E-state index contributed by atoms with van der Waals surface area (Å²) in [5.74, 6) is -2.76. The van der Waals surface area contributed by atoms with Crippen molar-refractivity contribution in [3.05, 3.63) is 0 Å². The highest BCUT2D eigenvalue weighted by molar-refractivity contribution is 5.73. The van der Waals surface area contributed by atoms with Crippen LogP contribution >= 0.6 is 0 Å². The minimum atomic E-state index is -5.08. The molecule has 19 heavy (non-hydrogen) atoms. The maximum Gasteiger partial charge on any atom is 0.490 e. The number of nitrogens with two attached hydrogens (primary N) is 6. The Kier molecular flexibility index (Phi) is 31.1. The SMILES string of the molecule is NCCN.NCCN.NCCN.O=C(O)C(F)(F)F. The van der Waals surface area contributed by atoms with Crippen LogP contribution in [0.5, 0.6) is 0 Å². The van der Waals surface area contributed by atoms with Crippen LogP contribution in [-0.4, -0.2) is 56.5 Å². The smallest absolute Gasteiger partial charge is 0.475 e. The van der Waals surface area contributed by atoms with E-state index >= 15 is 0 Å². The molecule has 120 valence electrons. The van der Waals surface area contributed by atoms with Crippen molar-refractivity contribution in [3.63, 3.8) is 0 Å². The lowest BCUT2D eigenvalue weighted by molar-refractivity contribution is -0.192. The van der Waals surface area contributed by atoms with E-state index in [0.717, 1.165) is 0 Å². The van der Waals surface area contributed by atoms with E-state index in [-0.39, 0.29) is 0 Å². The van der Waals surface area contributed by atoms with Gasteiger partial charge >= 0.3 is 12.1 Å². The van der Waals surface area contributed by atoms with Crippen LogP contribution in [0.2, 0.25) is 0 Å². The average Bonchev–Trinajstić information content (AvgIpc) is 2.38. The molecule has 0 aliphatic heterocycles. The summed E-state index contributed by atoms with van der Waals surface area (Å²) >= 11 is 0. The summed E-state index contributed by atoms with van der Waals surface area (Å²) in [4.78, 5) is 8.90. The Balaban J connectivity index is -0.0000000825. The number of carboxylic acid groups (broad SMARTS) is 1. The van der Waals surface area contributed by atoms with E-state index in [9.17, 15) is 13.2 Å². The lowest BCUT2D eigenvalue weighted by atomic mass is 10.7. The topological polar surface area (TPSA) is 193 Å². The van der Waals surface area contributed by atoms with Gasteiger partial charge in [0.1, 0.15) is 0 Å². The standard InChI is InChI=1S/C2HF3O2.3C2H8N2/c3-2(4,5)1(6)7;3*3-1-2-4/h(H,6,7);3*1-4H2. The van der Waals surface area contributed by atoms with Crippen molar-refractivity contribution in [3.8, 4) is 0 Å². The lowest BCUT2D eigenvalue weighted by Gasteiger charge is -1.93. The van der Waals surface area contributed by atoms with E-state index in [1.165, 1.54) is 0 Å². The highest BCUT2D eigenvalue weighted by Crippen LogP contribution is 2.13. The maximum atomic E-state index is 10.6. The third-order valence-corrected chi connectivity index (χ3v) is 0.743. The fraction of sp³-hybridized carbons (Fsp3) is 0.875. The van der Waals surface area contributed by atoms with Gasteiger partial charge in [-0.25, -0.2) is 4.79 Å². The molecule has 0 aliphatic rings. The summed E-state index contributed by atoms with van der Waals surface area (Å²) in [6.07, 6.45) is -5.08. The number of aliphatic carboxylic acids is 1. The number of carbonyl (C=O) groups is 1. The molecule has 0 aromatic carbocycles. The van der Waals surface area contributed by atoms with Crippen LogP contribution in [0.4, 0.5) is 13.2 Å². The summed E-state index contributed by atoms with van der Waals surface area (Å²) < 4.78 is 31.7. The zero-order valence-electron chi connectivity index (χ0n) is 10.7. The quantitative estimate of drug-likeness (QED) is 0.293. The van der Waals surface area contributed by atoms with Gasteiger partial charge in [-0.3, -0.25) is 0 Å². The van der Waals surface area contributed by atoms with Gasteiger partial charge in [0.15, 0.2) is 0 Å². The monoisotopic (exact) mass is 294 g/mol. The molecule has 0 radical (unpaired) electrons. The number of hydrogen-bond acceptors (Lipinski definition) is 7. The maximum absolute atomic E-state index is 10.6. The molecule has 8 nitrogen and oxygen atoms in total. The van der Waals surface area contributed by atoms with Crippen molar-refractivity contribution in [1.29, 1.82) is 0 Å². The van der Waals surface area contributed by atoms with Gasteiger partial charge < -0.3 is 39.5 Å². The summed E-state index contributed by atoms with van der Waals surface area (Å²) in [6.45, 7) is 3.58. The average molecular weight is 294 g/mol. The van der Waals surface area contributed by atoms with Gasteiger partial charge in [-0.15, -0.1) is 0 Å². The summed E-state index contributed by atoms with van der Waals surface area (Å²) in [5.41, 5.74) is 29.4. The fourth-order valence-electron chi connectivity index (χ4n) is 0.